The molecule has 2 aromatic heterocycles. The number of aryl methyl sites for hydroxylation is 1. The third-order valence-corrected chi connectivity index (χ3v) is 3.96. The normalized spacial score (nSPS) is 12.6. The van der Waals surface area contributed by atoms with Crippen LogP contribution in [-0.4, -0.2) is 41.4 Å². The van der Waals surface area contributed by atoms with Gasteiger partial charge in [0.2, 0.25) is 5.95 Å². The second-order valence-corrected chi connectivity index (χ2v) is 5.43. The van der Waals surface area contributed by atoms with E-state index >= 15 is 0 Å². The summed E-state index contributed by atoms with van der Waals surface area (Å²) in [6.07, 6.45) is 0.349. The van der Waals surface area contributed by atoms with Crippen LogP contribution in [0.4, 0.5) is 11.8 Å². The average molecular weight is 297 g/mol. The van der Waals surface area contributed by atoms with E-state index in [2.05, 4.69) is 33.7 Å². The van der Waals surface area contributed by atoms with E-state index in [0.29, 0.717) is 18.3 Å². The number of nitrogens with one attached hydrogen (secondary N) is 2. The minimum Gasteiger partial charge on any atom is -0.389 e. The predicted octanol–water partition coefficient (Wildman–Crippen LogP) is 0.958. The molecule has 110 valence electrons. The van der Waals surface area contributed by atoms with Gasteiger partial charge in [-0.25, -0.2) is 10.8 Å². The molecule has 0 aromatic carbocycles. The van der Waals surface area contributed by atoms with Crippen LogP contribution in [0.25, 0.3) is 10.2 Å². The predicted molar refractivity (Wildman–Crippen MR) is 81.0 cm³/mol. The highest BCUT2D eigenvalue weighted by Crippen LogP contribution is 2.30. The van der Waals surface area contributed by atoms with E-state index in [1.54, 1.807) is 18.4 Å². The van der Waals surface area contributed by atoms with Gasteiger partial charge in [0.05, 0.1) is 18.1 Å². The first-order valence-electron chi connectivity index (χ1n) is 6.35. The molecule has 0 amide bonds. The van der Waals surface area contributed by atoms with Gasteiger partial charge in [0, 0.05) is 18.5 Å². The number of rotatable bonds is 7. The maximum absolute atomic E-state index is 9.69. The summed E-state index contributed by atoms with van der Waals surface area (Å²) in [6.45, 7) is 2.71. The number of thiophene rings is 1. The highest BCUT2D eigenvalue weighted by Gasteiger charge is 2.12. The molecule has 0 saturated heterocycles. The number of hydrogen-bond acceptors (Lipinski definition) is 8. The second-order valence-electron chi connectivity index (χ2n) is 4.32. The Kier molecular flexibility index (Phi) is 5.07. The molecule has 0 fully saturated rings. The molecule has 0 aliphatic heterocycles. The first kappa shape index (κ1) is 14.9. The van der Waals surface area contributed by atoms with Crippen LogP contribution in [0.5, 0.6) is 0 Å². The van der Waals surface area contributed by atoms with Crippen molar-refractivity contribution < 1.29 is 9.84 Å². The fourth-order valence-corrected chi connectivity index (χ4v) is 2.78. The summed E-state index contributed by atoms with van der Waals surface area (Å²) >= 11 is 1.61. The molecule has 2 heterocycles. The van der Waals surface area contributed by atoms with Crippen molar-refractivity contribution in [1.29, 1.82) is 0 Å². The molecule has 20 heavy (non-hydrogen) atoms. The zero-order valence-electron chi connectivity index (χ0n) is 11.5. The Morgan fingerprint density at radius 3 is 2.95 bits per heavy atom. The van der Waals surface area contributed by atoms with E-state index in [4.69, 9.17) is 10.6 Å². The van der Waals surface area contributed by atoms with Gasteiger partial charge in [0.1, 0.15) is 10.6 Å². The lowest BCUT2D eigenvalue weighted by Gasteiger charge is -2.12. The van der Waals surface area contributed by atoms with Gasteiger partial charge >= 0.3 is 0 Å². The van der Waals surface area contributed by atoms with Crippen molar-refractivity contribution in [2.24, 2.45) is 5.84 Å². The van der Waals surface area contributed by atoms with Gasteiger partial charge < -0.3 is 15.2 Å². The molecule has 0 bridgehead atoms. The Morgan fingerprint density at radius 2 is 2.30 bits per heavy atom. The van der Waals surface area contributed by atoms with Gasteiger partial charge in [-0.05, 0) is 12.5 Å². The number of nitrogen functional groups attached to an aromatic ring is 1. The zero-order chi connectivity index (χ0) is 14.5. The topological polar surface area (TPSA) is 105 Å². The summed E-state index contributed by atoms with van der Waals surface area (Å²) in [5, 5.41) is 13.7. The average Bonchev–Trinajstić information content (AvgIpc) is 2.87. The molecular weight excluding hydrogens is 278 g/mol. The van der Waals surface area contributed by atoms with Gasteiger partial charge in [-0.2, -0.15) is 4.98 Å². The third kappa shape index (κ3) is 3.34. The summed E-state index contributed by atoms with van der Waals surface area (Å²) in [4.78, 5) is 10.7. The lowest BCUT2D eigenvalue weighted by Crippen LogP contribution is -2.24. The van der Waals surface area contributed by atoms with Gasteiger partial charge in [0.25, 0.3) is 0 Å². The number of ether oxygens (including phenoxy) is 1. The van der Waals surface area contributed by atoms with Crippen LogP contribution in [0, 0.1) is 0 Å². The molecule has 8 heteroatoms. The van der Waals surface area contributed by atoms with E-state index in [0.717, 1.165) is 16.6 Å². The Labute approximate surface area is 121 Å². The van der Waals surface area contributed by atoms with Crippen molar-refractivity contribution in [1.82, 2.24) is 9.97 Å². The molecule has 0 aliphatic rings. The van der Waals surface area contributed by atoms with Gasteiger partial charge in [-0.3, -0.25) is 5.43 Å². The minimum atomic E-state index is -0.594. The van der Waals surface area contributed by atoms with Crippen molar-refractivity contribution >= 4 is 33.3 Å². The quantitative estimate of drug-likeness (QED) is 0.445. The van der Waals surface area contributed by atoms with Crippen molar-refractivity contribution in [3.8, 4) is 0 Å². The summed E-state index contributed by atoms with van der Waals surface area (Å²) in [7, 11) is 1.55. The van der Waals surface area contributed by atoms with Crippen molar-refractivity contribution in [3.05, 3.63) is 10.9 Å². The molecule has 0 radical (unpaired) electrons. The SMILES string of the molecule is CCc1cc2c(NCC(O)COC)nc(NN)nc2s1. The number of anilines is 2. The molecule has 2 aromatic rings. The van der Waals surface area contributed by atoms with Crippen LogP contribution in [0.2, 0.25) is 0 Å². The maximum atomic E-state index is 9.69. The number of aliphatic hydroxyl groups excluding tert-OH is 1. The highest BCUT2D eigenvalue weighted by molar-refractivity contribution is 7.18. The minimum absolute atomic E-state index is 0.271. The fourth-order valence-electron chi connectivity index (χ4n) is 1.81. The number of fused-ring (bicyclic) bond motifs is 1. The maximum Gasteiger partial charge on any atom is 0.240 e. The van der Waals surface area contributed by atoms with Crippen molar-refractivity contribution in [3.63, 3.8) is 0 Å². The Balaban J connectivity index is 2.27. The first-order valence-corrected chi connectivity index (χ1v) is 7.17. The Bertz CT molecular complexity index is 574. The molecular formula is C12H19N5O2S. The van der Waals surface area contributed by atoms with Gasteiger partial charge in [0.15, 0.2) is 0 Å². The third-order valence-electron chi connectivity index (χ3n) is 2.79. The van der Waals surface area contributed by atoms with Crippen LogP contribution < -0.4 is 16.6 Å². The number of hydrogen-bond donors (Lipinski definition) is 4. The van der Waals surface area contributed by atoms with E-state index < -0.39 is 6.10 Å². The molecule has 7 nitrogen and oxygen atoms in total. The number of hydrazine groups is 1. The number of aliphatic hydroxyl groups is 1. The van der Waals surface area contributed by atoms with E-state index in [9.17, 15) is 5.11 Å². The van der Waals surface area contributed by atoms with Crippen molar-refractivity contribution in [2.45, 2.75) is 19.4 Å². The Hall–Kier alpha value is -1.48. The molecule has 1 unspecified atom stereocenters. The van der Waals surface area contributed by atoms with Crippen LogP contribution in [0.15, 0.2) is 6.07 Å². The van der Waals surface area contributed by atoms with Crippen LogP contribution in [0.1, 0.15) is 11.8 Å². The summed E-state index contributed by atoms with van der Waals surface area (Å²) in [5.74, 6) is 6.40. The van der Waals surface area contributed by atoms with E-state index in [1.807, 2.05) is 0 Å². The summed E-state index contributed by atoms with van der Waals surface area (Å²) in [5.41, 5.74) is 2.46. The summed E-state index contributed by atoms with van der Waals surface area (Å²) in [6, 6.07) is 2.06. The summed E-state index contributed by atoms with van der Waals surface area (Å²) < 4.78 is 4.89. The van der Waals surface area contributed by atoms with E-state index in [1.165, 1.54) is 4.88 Å². The number of aromatic nitrogens is 2. The van der Waals surface area contributed by atoms with E-state index in [-0.39, 0.29) is 6.61 Å². The van der Waals surface area contributed by atoms with Crippen LogP contribution in [-0.2, 0) is 11.2 Å². The van der Waals surface area contributed by atoms with Crippen LogP contribution >= 0.6 is 11.3 Å². The molecule has 5 N–H and O–H groups in total. The van der Waals surface area contributed by atoms with Gasteiger partial charge in [-0.15, -0.1) is 11.3 Å². The largest absolute Gasteiger partial charge is 0.389 e. The number of nitrogens with zero attached hydrogens (tertiary/aromatic N) is 2. The fraction of sp³-hybridized carbons (Fsp3) is 0.500. The second kappa shape index (κ2) is 6.80. The zero-order valence-corrected chi connectivity index (χ0v) is 12.3. The Morgan fingerprint density at radius 1 is 1.50 bits per heavy atom. The number of nitrogens with two attached hydrogens (primary N) is 1. The van der Waals surface area contributed by atoms with Crippen LogP contribution in [0.3, 0.4) is 0 Å². The first-order chi connectivity index (χ1) is 9.67. The molecule has 1 atom stereocenters. The molecule has 2 rings (SSSR count). The van der Waals surface area contributed by atoms with Crippen molar-refractivity contribution in [2.75, 3.05) is 31.0 Å². The highest BCUT2D eigenvalue weighted by atomic mass is 32.1. The monoisotopic (exact) mass is 297 g/mol. The molecule has 0 spiro atoms. The number of methoxy groups -OCH3 is 1. The van der Waals surface area contributed by atoms with Gasteiger partial charge in [-0.1, -0.05) is 6.92 Å². The molecule has 0 saturated carbocycles. The standard InChI is InChI=1S/C12H19N5O2S/c1-3-8-4-9-10(14-5-7(18)6-19-2)15-12(17-13)16-11(9)20-8/h4,7,18H,3,5-6,13H2,1-2H3,(H2,14,15,16,17). The lowest BCUT2D eigenvalue weighted by atomic mass is 10.3. The smallest absolute Gasteiger partial charge is 0.240 e. The lowest BCUT2D eigenvalue weighted by molar-refractivity contribution is 0.0727. The molecule has 0 aliphatic carbocycles.